The lowest BCUT2D eigenvalue weighted by molar-refractivity contribution is 0.138. The lowest BCUT2D eigenvalue weighted by Crippen LogP contribution is -2.22. The summed E-state index contributed by atoms with van der Waals surface area (Å²) in [5.74, 6) is 2.05. The molecular weight excluding hydrogens is 252 g/mol. The predicted octanol–water partition coefficient (Wildman–Crippen LogP) is 2.82. The second-order valence-corrected chi connectivity index (χ2v) is 5.35. The molecule has 0 bridgehead atoms. The summed E-state index contributed by atoms with van der Waals surface area (Å²) >= 11 is 0. The molecule has 20 heavy (non-hydrogen) atoms. The first-order chi connectivity index (χ1) is 9.79. The minimum atomic E-state index is -0.174. The molecule has 0 radical (unpaired) electrons. The number of aromatic nitrogens is 1. The van der Waals surface area contributed by atoms with Crippen LogP contribution in [0, 0.1) is 5.92 Å². The average molecular weight is 272 g/mol. The molecule has 0 spiro atoms. The molecular formula is C16H20N2O2. The number of nitrogens with zero attached hydrogens (tertiary/aromatic N) is 1. The highest BCUT2D eigenvalue weighted by atomic mass is 16.5. The van der Waals surface area contributed by atoms with Crippen molar-refractivity contribution in [2.24, 2.45) is 5.92 Å². The number of ether oxygens (including phenoxy) is 1. The lowest BCUT2D eigenvalue weighted by atomic mass is 10.1. The van der Waals surface area contributed by atoms with Gasteiger partial charge in [-0.3, -0.25) is 0 Å². The number of hydrogen-bond donors (Lipinski definition) is 2. The van der Waals surface area contributed by atoms with Gasteiger partial charge in [0.2, 0.25) is 0 Å². The lowest BCUT2D eigenvalue weighted by Gasteiger charge is -2.16. The third-order valence-corrected chi connectivity index (χ3v) is 4.14. The fourth-order valence-electron chi connectivity index (χ4n) is 2.98. The second kappa shape index (κ2) is 5.67. The van der Waals surface area contributed by atoms with Gasteiger partial charge in [0.1, 0.15) is 11.6 Å². The summed E-state index contributed by atoms with van der Waals surface area (Å²) in [6.45, 7) is 0.768. The zero-order chi connectivity index (χ0) is 13.9. The monoisotopic (exact) mass is 272 g/mol. The minimum absolute atomic E-state index is 0.174. The summed E-state index contributed by atoms with van der Waals surface area (Å²) in [5.41, 5.74) is 0. The van der Waals surface area contributed by atoms with Gasteiger partial charge in [-0.1, -0.05) is 18.6 Å². The van der Waals surface area contributed by atoms with Gasteiger partial charge in [-0.2, -0.15) is 0 Å². The molecule has 1 saturated carbocycles. The Morgan fingerprint density at radius 3 is 2.95 bits per heavy atom. The molecule has 106 valence electrons. The number of hydrogen-bond acceptors (Lipinski definition) is 4. The van der Waals surface area contributed by atoms with E-state index in [9.17, 15) is 5.11 Å². The normalized spacial score (nSPS) is 22.1. The van der Waals surface area contributed by atoms with Gasteiger partial charge >= 0.3 is 0 Å². The van der Waals surface area contributed by atoms with Crippen LogP contribution in [0.25, 0.3) is 10.8 Å². The number of methoxy groups -OCH3 is 1. The van der Waals surface area contributed by atoms with Gasteiger partial charge in [0.25, 0.3) is 0 Å². The summed E-state index contributed by atoms with van der Waals surface area (Å²) in [5, 5.41) is 15.4. The Hall–Kier alpha value is -1.81. The Labute approximate surface area is 118 Å². The Balaban J connectivity index is 1.84. The number of aliphatic hydroxyl groups excluding tert-OH is 1. The largest absolute Gasteiger partial charge is 0.496 e. The van der Waals surface area contributed by atoms with Crippen LogP contribution in [0.4, 0.5) is 5.82 Å². The molecule has 2 unspecified atom stereocenters. The van der Waals surface area contributed by atoms with Crippen molar-refractivity contribution in [3.8, 4) is 5.75 Å². The van der Waals surface area contributed by atoms with E-state index >= 15 is 0 Å². The Morgan fingerprint density at radius 2 is 2.20 bits per heavy atom. The standard InChI is InChI=1S/C16H20N2O2/c1-20-15-7-3-5-13-12(15)8-9-17-16(13)18-10-11-4-2-6-14(11)19/h3,5,7-9,11,14,19H,2,4,6,10H2,1H3,(H,17,18). The van der Waals surface area contributed by atoms with Crippen LogP contribution >= 0.6 is 0 Å². The molecule has 1 aromatic heterocycles. The van der Waals surface area contributed by atoms with Gasteiger partial charge in [-0.15, -0.1) is 0 Å². The van der Waals surface area contributed by atoms with E-state index in [4.69, 9.17) is 4.74 Å². The molecule has 1 heterocycles. The molecule has 4 nitrogen and oxygen atoms in total. The van der Waals surface area contributed by atoms with E-state index in [0.29, 0.717) is 5.92 Å². The first kappa shape index (κ1) is 13.2. The molecule has 0 amide bonds. The SMILES string of the molecule is COc1cccc2c(NCC3CCCC3O)nccc12. The van der Waals surface area contributed by atoms with E-state index in [2.05, 4.69) is 10.3 Å². The first-order valence-corrected chi connectivity index (χ1v) is 7.13. The zero-order valence-electron chi connectivity index (χ0n) is 11.7. The summed E-state index contributed by atoms with van der Waals surface area (Å²) < 4.78 is 5.38. The highest BCUT2D eigenvalue weighted by Gasteiger charge is 2.24. The topological polar surface area (TPSA) is 54.4 Å². The van der Waals surface area contributed by atoms with Crippen molar-refractivity contribution >= 4 is 16.6 Å². The van der Waals surface area contributed by atoms with Crippen LogP contribution in [-0.4, -0.2) is 29.8 Å². The number of aliphatic hydroxyl groups is 1. The van der Waals surface area contributed by atoms with Gasteiger partial charge in [-0.05, 0) is 25.0 Å². The van der Waals surface area contributed by atoms with Crippen LogP contribution in [0.1, 0.15) is 19.3 Å². The van der Waals surface area contributed by atoms with Crippen molar-refractivity contribution in [2.75, 3.05) is 19.0 Å². The summed E-state index contributed by atoms with van der Waals surface area (Å²) in [7, 11) is 1.68. The summed E-state index contributed by atoms with van der Waals surface area (Å²) in [6.07, 6.45) is 4.74. The van der Waals surface area contributed by atoms with Crippen LogP contribution in [0.2, 0.25) is 0 Å². The van der Waals surface area contributed by atoms with E-state index in [1.54, 1.807) is 13.3 Å². The van der Waals surface area contributed by atoms with Crippen molar-refractivity contribution in [1.82, 2.24) is 4.98 Å². The summed E-state index contributed by atoms with van der Waals surface area (Å²) in [6, 6.07) is 7.92. The molecule has 1 fully saturated rings. The molecule has 3 rings (SSSR count). The van der Waals surface area contributed by atoms with E-state index in [1.807, 2.05) is 24.3 Å². The number of nitrogens with one attached hydrogen (secondary N) is 1. The molecule has 4 heteroatoms. The third-order valence-electron chi connectivity index (χ3n) is 4.14. The Morgan fingerprint density at radius 1 is 1.30 bits per heavy atom. The van der Waals surface area contributed by atoms with Crippen molar-refractivity contribution in [1.29, 1.82) is 0 Å². The van der Waals surface area contributed by atoms with E-state index in [1.165, 1.54) is 0 Å². The predicted molar refractivity (Wildman–Crippen MR) is 80.1 cm³/mol. The zero-order valence-corrected chi connectivity index (χ0v) is 11.7. The molecule has 1 aliphatic rings. The molecule has 2 N–H and O–H groups in total. The Kier molecular flexibility index (Phi) is 3.74. The van der Waals surface area contributed by atoms with Crippen molar-refractivity contribution in [2.45, 2.75) is 25.4 Å². The number of anilines is 1. The highest BCUT2D eigenvalue weighted by molar-refractivity contribution is 5.95. The van der Waals surface area contributed by atoms with Crippen LogP contribution in [0.15, 0.2) is 30.5 Å². The van der Waals surface area contributed by atoms with Crippen LogP contribution in [0.5, 0.6) is 5.75 Å². The number of fused-ring (bicyclic) bond motifs is 1. The molecule has 1 aliphatic carbocycles. The van der Waals surface area contributed by atoms with Crippen LogP contribution in [-0.2, 0) is 0 Å². The third kappa shape index (κ3) is 2.43. The van der Waals surface area contributed by atoms with Crippen molar-refractivity contribution < 1.29 is 9.84 Å². The smallest absolute Gasteiger partial charge is 0.133 e. The van der Waals surface area contributed by atoms with E-state index < -0.39 is 0 Å². The first-order valence-electron chi connectivity index (χ1n) is 7.13. The maximum absolute atomic E-state index is 9.88. The van der Waals surface area contributed by atoms with Gasteiger partial charge in [0, 0.05) is 29.4 Å². The number of benzene rings is 1. The highest BCUT2D eigenvalue weighted by Crippen LogP contribution is 2.30. The average Bonchev–Trinajstić information content (AvgIpc) is 2.89. The number of rotatable bonds is 4. The maximum Gasteiger partial charge on any atom is 0.133 e. The van der Waals surface area contributed by atoms with E-state index in [-0.39, 0.29) is 6.10 Å². The van der Waals surface area contributed by atoms with Crippen LogP contribution in [0.3, 0.4) is 0 Å². The fraction of sp³-hybridized carbons (Fsp3) is 0.438. The quantitative estimate of drug-likeness (QED) is 0.898. The molecule has 2 atom stereocenters. The summed E-state index contributed by atoms with van der Waals surface area (Å²) in [4.78, 5) is 4.42. The van der Waals surface area contributed by atoms with Crippen LogP contribution < -0.4 is 10.1 Å². The molecule has 2 aromatic rings. The van der Waals surface area contributed by atoms with E-state index in [0.717, 1.165) is 48.1 Å². The maximum atomic E-state index is 9.88. The number of pyridine rings is 1. The Bertz CT molecular complexity index is 600. The van der Waals surface area contributed by atoms with Crippen molar-refractivity contribution in [3.05, 3.63) is 30.5 Å². The molecule has 0 saturated heterocycles. The van der Waals surface area contributed by atoms with Gasteiger partial charge in [0.15, 0.2) is 0 Å². The van der Waals surface area contributed by atoms with Gasteiger partial charge < -0.3 is 15.2 Å². The molecule has 0 aliphatic heterocycles. The van der Waals surface area contributed by atoms with Gasteiger partial charge in [-0.25, -0.2) is 4.98 Å². The van der Waals surface area contributed by atoms with Gasteiger partial charge in [0.05, 0.1) is 13.2 Å². The fourth-order valence-corrected chi connectivity index (χ4v) is 2.98. The second-order valence-electron chi connectivity index (χ2n) is 5.35. The van der Waals surface area contributed by atoms with Crippen molar-refractivity contribution in [3.63, 3.8) is 0 Å². The molecule has 1 aromatic carbocycles. The minimum Gasteiger partial charge on any atom is -0.496 e.